The van der Waals surface area contributed by atoms with Crippen molar-refractivity contribution in [2.75, 3.05) is 33.9 Å². The molecule has 0 atom stereocenters. The van der Waals surface area contributed by atoms with Gasteiger partial charge in [0.2, 0.25) is 0 Å². The molecule has 1 amide bonds. The largest absolute Gasteiger partial charge is 0.497 e. The maximum atomic E-state index is 13.0. The number of rotatable bonds is 7. The van der Waals surface area contributed by atoms with Crippen LogP contribution in [-0.4, -0.2) is 59.8 Å². The molecule has 1 aliphatic heterocycles. The highest BCUT2D eigenvalue weighted by Gasteiger charge is 2.41. The summed E-state index contributed by atoms with van der Waals surface area (Å²) in [5.41, 5.74) is 1.11. The van der Waals surface area contributed by atoms with E-state index in [0.717, 1.165) is 24.8 Å². The predicted octanol–water partition coefficient (Wildman–Crippen LogP) is 3.35. The van der Waals surface area contributed by atoms with E-state index in [1.807, 2.05) is 35.2 Å². The van der Waals surface area contributed by atoms with E-state index in [1.54, 1.807) is 32.7 Å². The number of pyridine rings is 1. The predicted molar refractivity (Wildman–Crippen MR) is 114 cm³/mol. The van der Waals surface area contributed by atoms with Crippen molar-refractivity contribution < 1.29 is 18.8 Å². The van der Waals surface area contributed by atoms with Gasteiger partial charge in [-0.05, 0) is 49.6 Å². The van der Waals surface area contributed by atoms with Crippen molar-refractivity contribution in [1.82, 2.24) is 20.0 Å². The second kappa shape index (κ2) is 9.26. The highest BCUT2D eigenvalue weighted by molar-refractivity contribution is 5.94. The third kappa shape index (κ3) is 4.44. The molecule has 0 radical (unpaired) electrons. The number of benzene rings is 1. The number of aromatic nitrogens is 3. The maximum Gasteiger partial charge on any atom is 0.259 e. The summed E-state index contributed by atoms with van der Waals surface area (Å²) in [6, 6.07) is 11.0. The lowest BCUT2D eigenvalue weighted by molar-refractivity contribution is 0.0616. The Hall–Kier alpha value is -3.26. The number of hydrogen-bond donors (Lipinski definition) is 0. The molecule has 0 spiro atoms. The first-order valence-corrected chi connectivity index (χ1v) is 10.3. The Balaban J connectivity index is 1.52. The molecule has 8 heteroatoms. The summed E-state index contributed by atoms with van der Waals surface area (Å²) in [6.07, 6.45) is 5.64. The van der Waals surface area contributed by atoms with Gasteiger partial charge < -0.3 is 18.9 Å². The minimum absolute atomic E-state index is 0.00315. The van der Waals surface area contributed by atoms with Gasteiger partial charge in [-0.2, -0.15) is 4.98 Å². The summed E-state index contributed by atoms with van der Waals surface area (Å²) in [4.78, 5) is 23.7. The number of piperidine rings is 1. The highest BCUT2D eigenvalue weighted by Crippen LogP contribution is 2.38. The zero-order valence-electron chi connectivity index (χ0n) is 17.8. The lowest BCUT2D eigenvalue weighted by Crippen LogP contribution is -2.46. The van der Waals surface area contributed by atoms with Gasteiger partial charge in [0.15, 0.2) is 5.82 Å². The molecule has 8 nitrogen and oxygen atoms in total. The van der Waals surface area contributed by atoms with Gasteiger partial charge in [0.05, 0.1) is 12.7 Å². The zero-order chi connectivity index (χ0) is 21.7. The van der Waals surface area contributed by atoms with Crippen molar-refractivity contribution in [3.8, 4) is 17.2 Å². The van der Waals surface area contributed by atoms with Crippen molar-refractivity contribution >= 4 is 5.91 Å². The number of likely N-dealkylation sites (tertiary alicyclic amines) is 1. The van der Waals surface area contributed by atoms with Crippen molar-refractivity contribution in [1.29, 1.82) is 0 Å². The number of hydrogen-bond acceptors (Lipinski definition) is 7. The van der Waals surface area contributed by atoms with Gasteiger partial charge in [0, 0.05) is 50.2 Å². The topological polar surface area (TPSA) is 90.6 Å². The Morgan fingerprint density at radius 3 is 2.74 bits per heavy atom. The first-order valence-electron chi connectivity index (χ1n) is 10.3. The number of carbonyl (C=O) groups excluding carboxylic acids is 1. The lowest BCUT2D eigenvalue weighted by Gasteiger charge is -2.39. The molecule has 1 aliphatic rings. The van der Waals surface area contributed by atoms with E-state index in [2.05, 4.69) is 15.1 Å². The van der Waals surface area contributed by atoms with E-state index in [9.17, 15) is 4.79 Å². The Kier molecular flexibility index (Phi) is 6.27. The number of nitrogens with zero attached hydrogens (tertiary/aromatic N) is 4. The molecule has 4 rings (SSSR count). The smallest absolute Gasteiger partial charge is 0.259 e. The van der Waals surface area contributed by atoms with Crippen molar-refractivity contribution in [2.45, 2.75) is 24.7 Å². The average molecular weight is 422 g/mol. The molecule has 1 aromatic carbocycles. The van der Waals surface area contributed by atoms with Crippen LogP contribution >= 0.6 is 0 Å². The zero-order valence-corrected chi connectivity index (χ0v) is 17.8. The maximum absolute atomic E-state index is 13.0. The minimum Gasteiger partial charge on any atom is -0.497 e. The van der Waals surface area contributed by atoms with Gasteiger partial charge in [-0.1, -0.05) is 11.2 Å². The van der Waals surface area contributed by atoms with Crippen LogP contribution in [-0.2, 0) is 10.2 Å². The minimum atomic E-state index is -0.300. The second-order valence-electron chi connectivity index (χ2n) is 7.71. The molecular formula is C23H26N4O4. The van der Waals surface area contributed by atoms with Crippen molar-refractivity contribution in [2.24, 2.45) is 0 Å². The molecule has 162 valence electrons. The summed E-state index contributed by atoms with van der Waals surface area (Å²) in [7, 11) is 3.28. The first kappa shape index (κ1) is 21.0. The van der Waals surface area contributed by atoms with Gasteiger partial charge in [0.1, 0.15) is 5.75 Å². The Morgan fingerprint density at radius 2 is 2.03 bits per heavy atom. The molecule has 1 fully saturated rings. The van der Waals surface area contributed by atoms with Crippen LogP contribution in [0.5, 0.6) is 5.75 Å². The van der Waals surface area contributed by atoms with Crippen LogP contribution in [0.25, 0.3) is 11.5 Å². The third-order valence-electron chi connectivity index (χ3n) is 5.92. The normalized spacial score (nSPS) is 15.6. The molecule has 0 N–H and O–H groups in total. The van der Waals surface area contributed by atoms with E-state index in [1.165, 1.54) is 0 Å². The van der Waals surface area contributed by atoms with Gasteiger partial charge in [-0.25, -0.2) is 0 Å². The fraction of sp³-hybridized carbons (Fsp3) is 0.391. The summed E-state index contributed by atoms with van der Waals surface area (Å²) in [6.45, 7) is 1.80. The van der Waals surface area contributed by atoms with E-state index in [-0.39, 0.29) is 11.3 Å². The Morgan fingerprint density at radius 1 is 1.19 bits per heavy atom. The molecule has 0 bridgehead atoms. The Bertz CT molecular complexity index is 1010. The summed E-state index contributed by atoms with van der Waals surface area (Å²) < 4.78 is 16.2. The molecule has 0 unspecified atom stereocenters. The van der Waals surface area contributed by atoms with E-state index < -0.39 is 0 Å². The van der Waals surface area contributed by atoms with Crippen LogP contribution in [0, 0.1) is 0 Å². The summed E-state index contributed by atoms with van der Waals surface area (Å²) >= 11 is 0. The standard InChI is InChI=1S/C23H26N4O4/c1-29-14-10-23(22-25-20(31-26-22)18-6-4-11-24-16-18)8-12-27(13-9-23)21(28)17-5-3-7-19(15-17)30-2/h3-7,11,15-16H,8-10,12-14H2,1-2H3. The number of methoxy groups -OCH3 is 2. The highest BCUT2D eigenvalue weighted by atomic mass is 16.5. The molecular weight excluding hydrogens is 396 g/mol. The molecule has 3 aromatic rings. The first-order chi connectivity index (χ1) is 15.1. The fourth-order valence-corrected chi connectivity index (χ4v) is 4.00. The number of ether oxygens (including phenoxy) is 2. The van der Waals surface area contributed by atoms with Crippen LogP contribution in [0.3, 0.4) is 0 Å². The molecule has 3 heterocycles. The molecule has 2 aromatic heterocycles. The fourth-order valence-electron chi connectivity index (χ4n) is 4.00. The van der Waals surface area contributed by atoms with Crippen molar-refractivity contribution in [3.05, 3.63) is 60.2 Å². The van der Waals surface area contributed by atoms with Crippen molar-refractivity contribution in [3.63, 3.8) is 0 Å². The lowest BCUT2D eigenvalue weighted by atomic mass is 9.75. The summed E-state index contributed by atoms with van der Waals surface area (Å²) in [5, 5.41) is 4.30. The molecule has 1 saturated heterocycles. The van der Waals surface area contributed by atoms with Crippen LogP contribution in [0.1, 0.15) is 35.4 Å². The molecule has 31 heavy (non-hydrogen) atoms. The average Bonchev–Trinajstić information content (AvgIpc) is 3.34. The SMILES string of the molecule is COCCC1(c2noc(-c3cccnc3)n2)CCN(C(=O)c2cccc(OC)c2)CC1. The summed E-state index contributed by atoms with van der Waals surface area (Å²) in [5.74, 6) is 1.79. The second-order valence-corrected chi connectivity index (χ2v) is 7.71. The van der Waals surface area contributed by atoms with E-state index >= 15 is 0 Å². The monoisotopic (exact) mass is 422 g/mol. The van der Waals surface area contributed by atoms with Gasteiger partial charge in [-0.3, -0.25) is 9.78 Å². The van der Waals surface area contributed by atoms with Gasteiger partial charge >= 0.3 is 0 Å². The molecule has 0 saturated carbocycles. The van der Waals surface area contributed by atoms with Gasteiger partial charge in [-0.15, -0.1) is 0 Å². The van der Waals surface area contributed by atoms with E-state index in [0.29, 0.717) is 42.7 Å². The quantitative estimate of drug-likeness (QED) is 0.577. The number of carbonyl (C=O) groups is 1. The third-order valence-corrected chi connectivity index (χ3v) is 5.92. The number of amides is 1. The van der Waals surface area contributed by atoms with Crippen LogP contribution < -0.4 is 4.74 Å². The molecule has 0 aliphatic carbocycles. The van der Waals surface area contributed by atoms with E-state index in [4.69, 9.17) is 14.0 Å². The van der Waals surface area contributed by atoms with Crippen LogP contribution in [0.4, 0.5) is 0 Å². The van der Waals surface area contributed by atoms with Crippen LogP contribution in [0.15, 0.2) is 53.3 Å². The Labute approximate surface area is 181 Å². The van der Waals surface area contributed by atoms with Gasteiger partial charge in [0.25, 0.3) is 11.8 Å². The van der Waals surface area contributed by atoms with Crippen LogP contribution in [0.2, 0.25) is 0 Å².